The Morgan fingerprint density at radius 1 is 1.29 bits per heavy atom. The average molecular weight is 254 g/mol. The van der Waals surface area contributed by atoms with E-state index in [4.69, 9.17) is 16.3 Å². The second-order valence-corrected chi connectivity index (χ2v) is 5.16. The molecule has 17 heavy (non-hydrogen) atoms. The lowest BCUT2D eigenvalue weighted by atomic mass is 10.2. The van der Waals surface area contributed by atoms with Crippen molar-refractivity contribution in [2.24, 2.45) is 5.92 Å². The molecular weight excluding hydrogens is 234 g/mol. The molecule has 1 aromatic carbocycles. The molecule has 1 saturated carbocycles. The van der Waals surface area contributed by atoms with Gasteiger partial charge >= 0.3 is 0 Å². The summed E-state index contributed by atoms with van der Waals surface area (Å²) in [6.45, 7) is 3.21. The predicted octanol–water partition coefficient (Wildman–Crippen LogP) is 2.81. The molecule has 1 N–H and O–H groups in total. The fourth-order valence-corrected chi connectivity index (χ4v) is 2.13. The minimum Gasteiger partial charge on any atom is -0.375 e. The van der Waals surface area contributed by atoms with Gasteiger partial charge in [-0.15, -0.1) is 11.6 Å². The van der Waals surface area contributed by atoms with Crippen LogP contribution in [0.5, 0.6) is 0 Å². The fraction of sp³-hybridized carbons (Fsp3) is 0.571. The third-order valence-electron chi connectivity index (χ3n) is 3.01. The molecule has 1 aliphatic carbocycles. The summed E-state index contributed by atoms with van der Waals surface area (Å²) in [6.07, 6.45) is 2.61. The Bertz CT molecular complexity index is 313. The minimum atomic E-state index is 0.309. The van der Waals surface area contributed by atoms with Crippen molar-refractivity contribution in [3.63, 3.8) is 0 Å². The van der Waals surface area contributed by atoms with E-state index in [1.54, 1.807) is 0 Å². The maximum absolute atomic E-state index is 6.18. The number of benzene rings is 1. The molecular formula is C14H20ClNO. The molecule has 1 aromatic rings. The Morgan fingerprint density at radius 3 is 2.76 bits per heavy atom. The van der Waals surface area contributed by atoms with E-state index < -0.39 is 0 Å². The number of rotatable bonds is 8. The number of alkyl halides is 1. The highest BCUT2D eigenvalue weighted by molar-refractivity contribution is 6.21. The molecule has 2 nitrogen and oxygen atoms in total. The smallest absolute Gasteiger partial charge is 0.0717 e. The van der Waals surface area contributed by atoms with Gasteiger partial charge < -0.3 is 10.1 Å². The molecule has 0 spiro atoms. The van der Waals surface area contributed by atoms with Crippen molar-refractivity contribution in [1.82, 2.24) is 5.32 Å². The highest BCUT2D eigenvalue weighted by atomic mass is 35.5. The molecule has 0 aliphatic heterocycles. The van der Waals surface area contributed by atoms with E-state index in [0.29, 0.717) is 12.0 Å². The summed E-state index contributed by atoms with van der Waals surface area (Å²) < 4.78 is 5.57. The van der Waals surface area contributed by atoms with Gasteiger partial charge in [0.25, 0.3) is 0 Å². The molecule has 0 radical (unpaired) electrons. The molecule has 1 aliphatic rings. The quantitative estimate of drug-likeness (QED) is 0.568. The first-order valence-corrected chi connectivity index (χ1v) is 6.76. The molecule has 2 rings (SSSR count). The van der Waals surface area contributed by atoms with Gasteiger partial charge in [-0.25, -0.2) is 0 Å². The van der Waals surface area contributed by atoms with Gasteiger partial charge in [-0.1, -0.05) is 30.3 Å². The third-order valence-corrected chi connectivity index (χ3v) is 3.52. The van der Waals surface area contributed by atoms with Crippen molar-refractivity contribution in [3.8, 4) is 0 Å². The number of halogens is 1. The van der Waals surface area contributed by atoms with Crippen molar-refractivity contribution in [1.29, 1.82) is 0 Å². The first kappa shape index (κ1) is 12.9. The van der Waals surface area contributed by atoms with Crippen LogP contribution in [-0.2, 0) is 11.3 Å². The Morgan fingerprint density at radius 2 is 2.06 bits per heavy atom. The summed E-state index contributed by atoms with van der Waals surface area (Å²) in [5, 5.41) is 3.65. The standard InChI is InChI=1S/C14H20ClNO/c15-14(13-6-7-13)10-16-8-9-17-11-12-4-2-1-3-5-12/h1-5,13-14,16H,6-11H2. The molecule has 0 bridgehead atoms. The van der Waals surface area contributed by atoms with Gasteiger partial charge in [-0.2, -0.15) is 0 Å². The van der Waals surface area contributed by atoms with Crippen LogP contribution in [0.15, 0.2) is 30.3 Å². The van der Waals surface area contributed by atoms with Gasteiger partial charge in [0.1, 0.15) is 0 Å². The number of ether oxygens (including phenoxy) is 1. The molecule has 1 atom stereocenters. The third kappa shape index (κ3) is 5.07. The SMILES string of the molecule is ClC(CNCCOCc1ccccc1)C1CC1. The molecule has 3 heteroatoms. The molecule has 0 aromatic heterocycles. The summed E-state index contributed by atoms with van der Waals surface area (Å²) in [7, 11) is 0. The molecule has 94 valence electrons. The molecule has 1 fully saturated rings. The van der Waals surface area contributed by atoms with Crippen LogP contribution in [0.25, 0.3) is 0 Å². The lowest BCUT2D eigenvalue weighted by Crippen LogP contribution is -2.27. The maximum atomic E-state index is 6.18. The van der Waals surface area contributed by atoms with Gasteiger partial charge in [-0.3, -0.25) is 0 Å². The normalized spacial score (nSPS) is 17.0. The average Bonchev–Trinajstić information content (AvgIpc) is 3.19. The highest BCUT2D eigenvalue weighted by Gasteiger charge is 2.28. The van der Waals surface area contributed by atoms with Crippen molar-refractivity contribution in [2.75, 3.05) is 19.7 Å². The lowest BCUT2D eigenvalue weighted by molar-refractivity contribution is 0.123. The largest absolute Gasteiger partial charge is 0.375 e. The van der Waals surface area contributed by atoms with Crippen LogP contribution in [0.4, 0.5) is 0 Å². The first-order chi connectivity index (χ1) is 8.36. The van der Waals surface area contributed by atoms with Crippen LogP contribution in [-0.4, -0.2) is 25.1 Å². The second-order valence-electron chi connectivity index (χ2n) is 4.60. The molecule has 0 saturated heterocycles. The van der Waals surface area contributed by atoms with E-state index >= 15 is 0 Å². The van der Waals surface area contributed by atoms with Gasteiger partial charge in [0, 0.05) is 18.5 Å². The van der Waals surface area contributed by atoms with Crippen LogP contribution in [0.2, 0.25) is 0 Å². The van der Waals surface area contributed by atoms with E-state index in [2.05, 4.69) is 17.4 Å². The molecule has 0 heterocycles. The predicted molar refractivity (Wildman–Crippen MR) is 71.3 cm³/mol. The monoisotopic (exact) mass is 253 g/mol. The summed E-state index contributed by atoms with van der Waals surface area (Å²) in [5.41, 5.74) is 1.22. The van der Waals surface area contributed by atoms with Crippen molar-refractivity contribution in [2.45, 2.75) is 24.8 Å². The molecule has 0 amide bonds. The van der Waals surface area contributed by atoms with Gasteiger partial charge in [0.2, 0.25) is 0 Å². The summed E-state index contributed by atoms with van der Waals surface area (Å²) in [4.78, 5) is 0. The van der Waals surface area contributed by atoms with Crippen molar-refractivity contribution < 1.29 is 4.74 Å². The summed E-state index contributed by atoms with van der Waals surface area (Å²) >= 11 is 6.18. The van der Waals surface area contributed by atoms with Crippen LogP contribution in [0.1, 0.15) is 18.4 Å². The zero-order valence-electron chi connectivity index (χ0n) is 10.1. The van der Waals surface area contributed by atoms with Gasteiger partial charge in [0.15, 0.2) is 0 Å². The van der Waals surface area contributed by atoms with E-state index in [1.165, 1.54) is 18.4 Å². The van der Waals surface area contributed by atoms with Crippen LogP contribution in [0, 0.1) is 5.92 Å². The summed E-state index contributed by atoms with van der Waals surface area (Å²) in [6, 6.07) is 10.2. The van der Waals surface area contributed by atoms with Crippen LogP contribution >= 0.6 is 11.6 Å². The Labute approximate surface area is 108 Å². The van der Waals surface area contributed by atoms with E-state index in [-0.39, 0.29) is 0 Å². The molecule has 1 unspecified atom stereocenters. The minimum absolute atomic E-state index is 0.309. The van der Waals surface area contributed by atoms with Gasteiger partial charge in [0.05, 0.1) is 13.2 Å². The maximum Gasteiger partial charge on any atom is 0.0717 e. The van der Waals surface area contributed by atoms with E-state index in [1.807, 2.05) is 18.2 Å². The zero-order chi connectivity index (χ0) is 11.9. The zero-order valence-corrected chi connectivity index (χ0v) is 10.8. The fourth-order valence-electron chi connectivity index (χ4n) is 1.77. The van der Waals surface area contributed by atoms with E-state index in [9.17, 15) is 0 Å². The number of hydrogen-bond acceptors (Lipinski definition) is 2. The Balaban J connectivity index is 1.46. The van der Waals surface area contributed by atoms with Crippen LogP contribution in [0.3, 0.4) is 0 Å². The van der Waals surface area contributed by atoms with Gasteiger partial charge in [-0.05, 0) is 24.3 Å². The number of hydrogen-bond donors (Lipinski definition) is 1. The lowest BCUT2D eigenvalue weighted by Gasteiger charge is -2.09. The Kier molecular flexibility index (Phi) is 5.30. The van der Waals surface area contributed by atoms with Crippen molar-refractivity contribution >= 4 is 11.6 Å². The van der Waals surface area contributed by atoms with E-state index in [0.717, 1.165) is 25.6 Å². The topological polar surface area (TPSA) is 21.3 Å². The highest BCUT2D eigenvalue weighted by Crippen LogP contribution is 2.35. The van der Waals surface area contributed by atoms with Crippen LogP contribution < -0.4 is 5.32 Å². The number of nitrogens with one attached hydrogen (secondary N) is 1. The summed E-state index contributed by atoms with van der Waals surface area (Å²) in [5.74, 6) is 0.759. The Hall–Kier alpha value is -0.570. The van der Waals surface area contributed by atoms with Crippen molar-refractivity contribution in [3.05, 3.63) is 35.9 Å². The second kappa shape index (κ2) is 7.00. The first-order valence-electron chi connectivity index (χ1n) is 6.32.